The molecule has 6 heterocycles. The van der Waals surface area contributed by atoms with E-state index in [-0.39, 0.29) is 47.8 Å². The van der Waals surface area contributed by atoms with E-state index < -0.39 is 24.3 Å². The number of aromatic nitrogens is 4. The number of rotatable bonds is 10. The molecule has 4 saturated heterocycles. The number of fused-ring (bicyclic) bond motifs is 5. The lowest BCUT2D eigenvalue weighted by molar-refractivity contribution is -0.138. The summed E-state index contributed by atoms with van der Waals surface area (Å²) in [5.74, 6) is 2.21. The van der Waals surface area contributed by atoms with Crippen molar-refractivity contribution in [3.8, 4) is 22.3 Å². The van der Waals surface area contributed by atoms with Gasteiger partial charge in [-0.3, -0.25) is 9.59 Å². The Morgan fingerprint density at radius 3 is 1.38 bits per heavy atom. The standard InChI is InChI=1S/C52H56N8O8/c1-65-51(63)57-45(27-11-15-67-16-12-27)49(61)59-41-23-35(41)25-43(59)47-53-37-9-7-33(21-39(37)55-47)31-5-3-30-20-32(6-4-29(30)19-31)34-8-10-38-40(22-34)56-48(54-38)44-26-36-24-42(36)60(44)50(62)46(58-52(64)66-2)28-13-17-68-18-14-28/h3-10,19-22,27-28,35-36,41-46H,11-18,23-26H2,1-2H3,(H,53,55)(H,54,56)(H,57,63)(H,58,64)/t35-,36-,41-,42-,43+,44+,45+,46+/m1/s1. The summed E-state index contributed by atoms with van der Waals surface area (Å²) in [5.41, 5.74) is 7.78. The van der Waals surface area contributed by atoms with Gasteiger partial charge < -0.3 is 49.3 Å². The quantitative estimate of drug-likeness (QED) is 0.107. The van der Waals surface area contributed by atoms with Crippen LogP contribution in [0, 0.1) is 23.7 Å². The van der Waals surface area contributed by atoms with E-state index in [1.807, 2.05) is 21.9 Å². The highest BCUT2D eigenvalue weighted by molar-refractivity contribution is 5.94. The Bertz CT molecular complexity index is 2760. The van der Waals surface area contributed by atoms with Gasteiger partial charge >= 0.3 is 12.2 Å². The van der Waals surface area contributed by atoms with Crippen molar-refractivity contribution >= 4 is 56.8 Å². The fraction of sp³-hybridized carbons (Fsp3) is 0.462. The summed E-state index contributed by atoms with van der Waals surface area (Å²) in [4.78, 5) is 74.8. The van der Waals surface area contributed by atoms with Gasteiger partial charge in [0, 0.05) is 38.5 Å². The number of carbonyl (C=O) groups is 4. The summed E-state index contributed by atoms with van der Waals surface area (Å²) < 4.78 is 21.0. The molecular weight excluding hydrogens is 865 g/mol. The van der Waals surface area contributed by atoms with E-state index in [4.69, 9.17) is 28.9 Å². The molecule has 4 aromatic carbocycles. The van der Waals surface area contributed by atoms with Gasteiger partial charge in [-0.2, -0.15) is 0 Å². The summed E-state index contributed by atoms with van der Waals surface area (Å²) >= 11 is 0. The molecule has 6 aliphatic rings. The van der Waals surface area contributed by atoms with Gasteiger partial charge in [-0.15, -0.1) is 0 Å². The molecule has 2 aromatic heterocycles. The number of likely N-dealkylation sites (tertiary alicyclic amines) is 2. The second-order valence-corrected chi connectivity index (χ2v) is 19.7. The number of hydrogen-bond donors (Lipinski definition) is 4. The van der Waals surface area contributed by atoms with Gasteiger partial charge in [-0.25, -0.2) is 19.6 Å². The van der Waals surface area contributed by atoms with E-state index in [0.29, 0.717) is 63.9 Å². The zero-order valence-electron chi connectivity index (χ0n) is 38.2. The molecule has 0 unspecified atom stereocenters. The molecule has 4 N–H and O–H groups in total. The van der Waals surface area contributed by atoms with E-state index >= 15 is 0 Å². The number of alkyl carbamates (subject to hydrolysis) is 2. The Morgan fingerprint density at radius 2 is 0.971 bits per heavy atom. The summed E-state index contributed by atoms with van der Waals surface area (Å²) in [6, 6.07) is 24.1. The number of imidazole rings is 2. The average molecular weight is 921 g/mol. The van der Waals surface area contributed by atoms with Gasteiger partial charge in [0.2, 0.25) is 11.8 Å². The predicted molar refractivity (Wildman–Crippen MR) is 252 cm³/mol. The molecule has 4 aliphatic heterocycles. The Kier molecular flexibility index (Phi) is 10.8. The zero-order valence-corrected chi connectivity index (χ0v) is 38.2. The van der Waals surface area contributed by atoms with Crippen LogP contribution in [-0.4, -0.2) is 119 Å². The van der Waals surface area contributed by atoms with Crippen LogP contribution in [0.5, 0.6) is 0 Å². The monoisotopic (exact) mass is 920 g/mol. The fourth-order valence-electron chi connectivity index (χ4n) is 11.9. The number of piperidine rings is 2. The molecular formula is C52H56N8O8. The van der Waals surface area contributed by atoms with Crippen LogP contribution >= 0.6 is 0 Å². The molecule has 8 atom stereocenters. The van der Waals surface area contributed by atoms with E-state index in [1.165, 1.54) is 14.2 Å². The topological polar surface area (TPSA) is 193 Å². The van der Waals surface area contributed by atoms with Crippen LogP contribution in [0.3, 0.4) is 0 Å². The van der Waals surface area contributed by atoms with Gasteiger partial charge in [0.05, 0.1) is 48.4 Å². The first-order valence-corrected chi connectivity index (χ1v) is 24.2. The number of nitrogens with zero attached hydrogens (tertiary/aromatic N) is 4. The molecule has 0 bridgehead atoms. The molecule has 68 heavy (non-hydrogen) atoms. The average Bonchev–Trinajstić information content (AvgIpc) is 4.04. The molecule has 6 aromatic rings. The summed E-state index contributed by atoms with van der Waals surface area (Å²) in [6.45, 7) is 2.26. The number of hydrogen-bond acceptors (Lipinski definition) is 10. The van der Waals surface area contributed by atoms with Crippen LogP contribution in [0.25, 0.3) is 55.1 Å². The number of ether oxygens (including phenoxy) is 4. The second-order valence-electron chi connectivity index (χ2n) is 19.7. The molecule has 4 amide bonds. The van der Waals surface area contributed by atoms with Crippen molar-refractivity contribution in [1.82, 2.24) is 40.4 Å². The molecule has 16 nitrogen and oxygen atoms in total. The van der Waals surface area contributed by atoms with Gasteiger partial charge in [0.15, 0.2) is 0 Å². The van der Waals surface area contributed by atoms with E-state index in [1.54, 1.807) is 0 Å². The maximum Gasteiger partial charge on any atom is 0.407 e. The third-order valence-electron chi connectivity index (χ3n) is 15.8. The Morgan fingerprint density at radius 1 is 0.574 bits per heavy atom. The van der Waals surface area contributed by atoms with Crippen molar-refractivity contribution in [1.29, 1.82) is 0 Å². The molecule has 352 valence electrons. The number of methoxy groups -OCH3 is 2. The summed E-state index contributed by atoms with van der Waals surface area (Å²) in [6.07, 6.45) is 5.22. The molecule has 0 spiro atoms. The Hall–Kier alpha value is -6.52. The number of benzene rings is 4. The lowest BCUT2D eigenvalue weighted by atomic mass is 9.90. The Balaban J connectivity index is 0.764. The first-order chi connectivity index (χ1) is 33.2. The highest BCUT2D eigenvalue weighted by Crippen LogP contribution is 2.55. The van der Waals surface area contributed by atoms with Gasteiger partial charge in [-0.05, 0) is 144 Å². The first-order valence-electron chi connectivity index (χ1n) is 24.2. The van der Waals surface area contributed by atoms with E-state index in [0.717, 1.165) is 92.4 Å². The van der Waals surface area contributed by atoms with Crippen molar-refractivity contribution in [3.63, 3.8) is 0 Å². The third kappa shape index (κ3) is 7.80. The van der Waals surface area contributed by atoms with E-state index in [9.17, 15) is 19.2 Å². The lowest BCUT2D eigenvalue weighted by Gasteiger charge is -2.35. The van der Waals surface area contributed by atoms with Gasteiger partial charge in [0.1, 0.15) is 23.7 Å². The molecule has 0 radical (unpaired) electrons. The van der Waals surface area contributed by atoms with Crippen molar-refractivity contribution in [2.24, 2.45) is 23.7 Å². The Labute approximate surface area is 392 Å². The SMILES string of the molecule is COC(=O)N[C@H](C(=O)N1[C@@H]2C[C@@H]2C[C@H]1c1nc2ccc(-c3ccc4cc(-c5ccc6nc([C@@H]7C[C@H]8C[C@H]8N7C(=O)[C@@H](NC(=O)OC)C7CCOCC7)[nH]c6c5)ccc4c3)cc2[nH]1)C1CCOCC1. The fourth-order valence-corrected chi connectivity index (χ4v) is 11.9. The van der Waals surface area contributed by atoms with Gasteiger partial charge in [0.25, 0.3) is 0 Å². The zero-order chi connectivity index (χ0) is 46.2. The second kappa shape index (κ2) is 17.2. The van der Waals surface area contributed by atoms with Crippen LogP contribution in [0.2, 0.25) is 0 Å². The van der Waals surface area contributed by atoms with Crippen LogP contribution in [0.4, 0.5) is 9.59 Å². The number of carbonyl (C=O) groups excluding carboxylic acids is 4. The number of amides is 4. The minimum Gasteiger partial charge on any atom is -0.453 e. The van der Waals surface area contributed by atoms with Crippen molar-refractivity contribution < 1.29 is 38.1 Å². The van der Waals surface area contributed by atoms with Crippen molar-refractivity contribution in [2.75, 3.05) is 40.6 Å². The van der Waals surface area contributed by atoms with Crippen LogP contribution in [0.1, 0.15) is 75.1 Å². The summed E-state index contributed by atoms with van der Waals surface area (Å²) in [7, 11) is 2.65. The molecule has 6 fully saturated rings. The number of aromatic amines is 2. The highest BCUT2D eigenvalue weighted by Gasteiger charge is 2.58. The molecule has 2 aliphatic carbocycles. The van der Waals surface area contributed by atoms with Crippen molar-refractivity contribution in [2.45, 2.75) is 87.6 Å². The summed E-state index contributed by atoms with van der Waals surface area (Å²) in [5, 5.41) is 7.98. The predicted octanol–water partition coefficient (Wildman–Crippen LogP) is 7.55. The van der Waals surface area contributed by atoms with Crippen LogP contribution in [-0.2, 0) is 28.5 Å². The van der Waals surface area contributed by atoms with Gasteiger partial charge in [-0.1, -0.05) is 36.4 Å². The maximum absolute atomic E-state index is 14.3. The maximum atomic E-state index is 14.3. The minimum absolute atomic E-state index is 0.0254. The third-order valence-corrected chi connectivity index (χ3v) is 15.8. The smallest absolute Gasteiger partial charge is 0.407 e. The lowest BCUT2D eigenvalue weighted by Crippen LogP contribution is -2.54. The molecule has 16 heteroatoms. The first kappa shape index (κ1) is 42.8. The van der Waals surface area contributed by atoms with E-state index in [2.05, 4.69) is 81.3 Å². The van der Waals surface area contributed by atoms with Crippen LogP contribution < -0.4 is 10.6 Å². The largest absolute Gasteiger partial charge is 0.453 e. The highest BCUT2D eigenvalue weighted by atomic mass is 16.5. The normalized spacial score (nSPS) is 25.5. The van der Waals surface area contributed by atoms with Crippen LogP contribution in [0.15, 0.2) is 72.8 Å². The van der Waals surface area contributed by atoms with Crippen molar-refractivity contribution in [3.05, 3.63) is 84.4 Å². The molecule has 2 saturated carbocycles. The molecule has 12 rings (SSSR count). The minimum atomic E-state index is -0.679. The number of H-pyrrole nitrogens is 2. The number of nitrogens with one attached hydrogen (secondary N) is 4.